The Bertz CT molecular complexity index is 663. The molecule has 1 atom stereocenters. The van der Waals surface area contributed by atoms with Gasteiger partial charge in [0.1, 0.15) is 0 Å². The Morgan fingerprint density at radius 2 is 2.41 bits per heavy atom. The van der Waals surface area contributed by atoms with Crippen LogP contribution in [0, 0.1) is 0 Å². The molecule has 0 bridgehead atoms. The summed E-state index contributed by atoms with van der Waals surface area (Å²) in [4.78, 5) is 16.1. The highest BCUT2D eigenvalue weighted by Crippen LogP contribution is 2.29. The molecule has 9 heteroatoms. The Balaban J connectivity index is 1.92. The van der Waals surface area contributed by atoms with Crippen LogP contribution >= 0.6 is 34.7 Å². The molecule has 1 amide bonds. The lowest BCUT2D eigenvalue weighted by Gasteiger charge is -2.10. The molecule has 0 fully saturated rings. The first-order chi connectivity index (χ1) is 10.6. The van der Waals surface area contributed by atoms with Gasteiger partial charge in [0.05, 0.1) is 10.9 Å². The van der Waals surface area contributed by atoms with Crippen LogP contribution in [0.15, 0.2) is 35.3 Å². The summed E-state index contributed by atoms with van der Waals surface area (Å²) in [6, 6.07) is 3.41. The van der Waals surface area contributed by atoms with Gasteiger partial charge in [-0.2, -0.15) is 0 Å². The Morgan fingerprint density at radius 3 is 3.14 bits per heavy atom. The van der Waals surface area contributed by atoms with E-state index in [9.17, 15) is 4.79 Å². The van der Waals surface area contributed by atoms with Gasteiger partial charge in [-0.1, -0.05) is 40.8 Å². The third-order valence-corrected chi connectivity index (χ3v) is 4.83. The molecule has 0 aliphatic heterocycles. The molecular weight excluding hydrogens is 342 g/mol. The summed E-state index contributed by atoms with van der Waals surface area (Å²) in [6.45, 7) is 6.04. The predicted molar refractivity (Wildman–Crippen MR) is 91.8 cm³/mol. The minimum atomic E-state index is -0.337. The van der Waals surface area contributed by atoms with E-state index in [0.717, 1.165) is 0 Å². The summed E-state index contributed by atoms with van der Waals surface area (Å²) in [6.07, 6.45) is 3.30. The van der Waals surface area contributed by atoms with Gasteiger partial charge in [0.15, 0.2) is 9.49 Å². The van der Waals surface area contributed by atoms with Crippen LogP contribution in [-0.2, 0) is 4.79 Å². The van der Waals surface area contributed by atoms with Gasteiger partial charge in [0.25, 0.3) is 0 Å². The minimum Gasteiger partial charge on any atom is -0.357 e. The van der Waals surface area contributed by atoms with Crippen molar-refractivity contribution >= 4 is 51.4 Å². The van der Waals surface area contributed by atoms with E-state index >= 15 is 0 Å². The number of carbonyl (C=O) groups excluding carboxylic acids is 1. The fourth-order valence-corrected chi connectivity index (χ4v) is 3.48. The van der Waals surface area contributed by atoms with Crippen molar-refractivity contribution in [2.75, 3.05) is 17.2 Å². The number of pyridine rings is 1. The Morgan fingerprint density at radius 1 is 1.59 bits per heavy atom. The molecule has 2 N–H and O–H groups in total. The van der Waals surface area contributed by atoms with E-state index in [1.807, 2.05) is 0 Å². The van der Waals surface area contributed by atoms with Crippen LogP contribution in [0.25, 0.3) is 0 Å². The molecule has 0 saturated carbocycles. The Kier molecular flexibility index (Phi) is 6.17. The van der Waals surface area contributed by atoms with Gasteiger partial charge >= 0.3 is 0 Å². The number of rotatable bonds is 7. The van der Waals surface area contributed by atoms with E-state index in [1.165, 1.54) is 23.1 Å². The normalized spacial score (nSPS) is 11.7. The van der Waals surface area contributed by atoms with Crippen molar-refractivity contribution in [3.8, 4) is 0 Å². The zero-order valence-corrected chi connectivity index (χ0v) is 14.1. The standard InChI is InChI=1S/C13H14ClN5OS2/c1-3-6-16-12-18-19-13(22-12)21-8(2)11(20)17-9-5-4-7-15-10(9)14/h3-5,7-8H,1,6H2,2H3,(H,16,18)(H,17,20)/t8-/m0/s1. The summed E-state index contributed by atoms with van der Waals surface area (Å²) in [5.41, 5.74) is 0.493. The van der Waals surface area contributed by atoms with Gasteiger partial charge < -0.3 is 10.6 Å². The molecule has 0 radical (unpaired) electrons. The summed E-state index contributed by atoms with van der Waals surface area (Å²) in [5, 5.41) is 14.4. The number of thioether (sulfide) groups is 1. The van der Waals surface area contributed by atoms with E-state index in [1.54, 1.807) is 31.3 Å². The minimum absolute atomic E-state index is 0.171. The second-order valence-corrected chi connectivity index (χ2v) is 7.06. The van der Waals surface area contributed by atoms with Gasteiger partial charge in [-0.25, -0.2) is 4.98 Å². The number of halogens is 1. The van der Waals surface area contributed by atoms with Crippen molar-refractivity contribution < 1.29 is 4.79 Å². The SMILES string of the molecule is C=CCNc1nnc(S[C@@H](C)C(=O)Nc2cccnc2Cl)s1. The quantitative estimate of drug-likeness (QED) is 0.450. The lowest BCUT2D eigenvalue weighted by atomic mass is 10.4. The molecule has 2 heterocycles. The molecule has 0 spiro atoms. The molecule has 6 nitrogen and oxygen atoms in total. The van der Waals surface area contributed by atoms with Crippen LogP contribution in [0.5, 0.6) is 0 Å². The first kappa shape index (κ1) is 16.7. The smallest absolute Gasteiger partial charge is 0.237 e. The maximum Gasteiger partial charge on any atom is 0.237 e. The first-order valence-electron chi connectivity index (χ1n) is 6.36. The first-order valence-corrected chi connectivity index (χ1v) is 8.44. The van der Waals surface area contributed by atoms with E-state index in [2.05, 4.69) is 32.4 Å². The number of aromatic nitrogens is 3. The third kappa shape index (κ3) is 4.69. The van der Waals surface area contributed by atoms with E-state index in [0.29, 0.717) is 21.7 Å². The van der Waals surface area contributed by atoms with Gasteiger partial charge in [-0.05, 0) is 19.1 Å². The fraction of sp³-hybridized carbons (Fsp3) is 0.231. The predicted octanol–water partition coefficient (Wildman–Crippen LogP) is 3.30. The average Bonchev–Trinajstić information content (AvgIpc) is 2.94. The van der Waals surface area contributed by atoms with Crippen LogP contribution in [-0.4, -0.2) is 32.9 Å². The monoisotopic (exact) mass is 355 g/mol. The molecule has 0 saturated heterocycles. The Labute approximate surface area is 141 Å². The largest absolute Gasteiger partial charge is 0.357 e. The number of carbonyl (C=O) groups is 1. The molecule has 2 aromatic rings. The van der Waals surface area contributed by atoms with Crippen molar-refractivity contribution in [1.29, 1.82) is 0 Å². The zero-order chi connectivity index (χ0) is 15.9. The number of amides is 1. The van der Waals surface area contributed by atoms with Gasteiger partial charge in [-0.15, -0.1) is 16.8 Å². The molecule has 0 unspecified atom stereocenters. The maximum absolute atomic E-state index is 12.2. The number of anilines is 2. The van der Waals surface area contributed by atoms with Crippen LogP contribution in [0.4, 0.5) is 10.8 Å². The van der Waals surface area contributed by atoms with Crippen LogP contribution in [0.1, 0.15) is 6.92 Å². The van der Waals surface area contributed by atoms with Gasteiger partial charge in [0, 0.05) is 12.7 Å². The topological polar surface area (TPSA) is 79.8 Å². The second-order valence-electron chi connectivity index (χ2n) is 4.13. The van der Waals surface area contributed by atoms with Crippen LogP contribution in [0.3, 0.4) is 0 Å². The fourth-order valence-electron chi connectivity index (χ4n) is 1.41. The molecule has 2 aromatic heterocycles. The van der Waals surface area contributed by atoms with E-state index in [4.69, 9.17) is 11.6 Å². The summed E-state index contributed by atoms with van der Waals surface area (Å²) in [5.74, 6) is -0.171. The maximum atomic E-state index is 12.2. The summed E-state index contributed by atoms with van der Waals surface area (Å²) < 4.78 is 0.714. The highest BCUT2D eigenvalue weighted by molar-refractivity contribution is 8.02. The lowest BCUT2D eigenvalue weighted by Crippen LogP contribution is -2.22. The van der Waals surface area contributed by atoms with Crippen molar-refractivity contribution in [2.24, 2.45) is 0 Å². The Hall–Kier alpha value is -1.64. The molecule has 22 heavy (non-hydrogen) atoms. The highest BCUT2D eigenvalue weighted by Gasteiger charge is 2.18. The lowest BCUT2D eigenvalue weighted by molar-refractivity contribution is -0.115. The summed E-state index contributed by atoms with van der Waals surface area (Å²) >= 11 is 8.64. The molecule has 0 aromatic carbocycles. The van der Waals surface area contributed by atoms with Crippen LogP contribution in [0.2, 0.25) is 5.15 Å². The number of nitrogens with one attached hydrogen (secondary N) is 2. The molecule has 116 valence electrons. The highest BCUT2D eigenvalue weighted by atomic mass is 35.5. The molecule has 2 rings (SSSR count). The molecule has 0 aliphatic rings. The van der Waals surface area contributed by atoms with Crippen molar-refractivity contribution in [3.63, 3.8) is 0 Å². The zero-order valence-electron chi connectivity index (χ0n) is 11.7. The number of hydrogen-bond acceptors (Lipinski definition) is 7. The van der Waals surface area contributed by atoms with Gasteiger partial charge in [0.2, 0.25) is 11.0 Å². The van der Waals surface area contributed by atoms with Crippen LogP contribution < -0.4 is 10.6 Å². The van der Waals surface area contributed by atoms with Gasteiger partial charge in [-0.3, -0.25) is 4.79 Å². The average molecular weight is 356 g/mol. The van der Waals surface area contributed by atoms with E-state index < -0.39 is 0 Å². The van der Waals surface area contributed by atoms with Crippen molar-refractivity contribution in [3.05, 3.63) is 36.1 Å². The van der Waals surface area contributed by atoms with Crippen molar-refractivity contribution in [1.82, 2.24) is 15.2 Å². The van der Waals surface area contributed by atoms with E-state index in [-0.39, 0.29) is 16.3 Å². The van der Waals surface area contributed by atoms with Crippen molar-refractivity contribution in [2.45, 2.75) is 16.5 Å². The number of nitrogens with zero attached hydrogens (tertiary/aromatic N) is 3. The molecular formula is C13H14ClN5OS2. The summed E-state index contributed by atoms with van der Waals surface area (Å²) in [7, 11) is 0. The molecule has 0 aliphatic carbocycles. The number of hydrogen-bond donors (Lipinski definition) is 2. The third-order valence-electron chi connectivity index (χ3n) is 2.47. The second kappa shape index (κ2) is 8.11.